The zero-order valence-corrected chi connectivity index (χ0v) is 21.6. The van der Waals surface area contributed by atoms with Gasteiger partial charge in [0.2, 0.25) is 15.9 Å². The molecule has 0 spiro atoms. The maximum atomic E-state index is 13.1. The first-order chi connectivity index (χ1) is 17.2. The van der Waals surface area contributed by atoms with E-state index in [0.29, 0.717) is 27.0 Å². The van der Waals surface area contributed by atoms with Crippen molar-refractivity contribution in [2.75, 3.05) is 18.5 Å². The molecular weight excluding hydrogens is 527 g/mol. The van der Waals surface area contributed by atoms with Crippen molar-refractivity contribution in [2.45, 2.75) is 24.3 Å². The molecule has 0 fully saturated rings. The average Bonchev–Trinajstić information content (AvgIpc) is 2.83. The van der Waals surface area contributed by atoms with Crippen molar-refractivity contribution in [3.8, 4) is 5.75 Å². The largest absolute Gasteiger partial charge is 0.491 e. The van der Waals surface area contributed by atoms with Crippen LogP contribution in [0.25, 0.3) is 0 Å². The third-order valence-electron chi connectivity index (χ3n) is 4.83. The fourth-order valence-electron chi connectivity index (χ4n) is 3.08. The summed E-state index contributed by atoms with van der Waals surface area (Å²) in [5, 5.41) is 3.47. The SMILES string of the molecule is CCOC(=O)Cc1ccc(NC(=O)[C@H](COc2cccc(Cl)c2)NS(=O)(=O)c2ccc(Cl)cc2)cc1. The zero-order valence-electron chi connectivity index (χ0n) is 19.2. The highest BCUT2D eigenvalue weighted by Crippen LogP contribution is 2.19. The molecule has 1 amide bonds. The predicted molar refractivity (Wildman–Crippen MR) is 138 cm³/mol. The van der Waals surface area contributed by atoms with Crippen LogP contribution >= 0.6 is 23.2 Å². The first kappa shape index (κ1) is 27.5. The molecule has 0 saturated heterocycles. The van der Waals surface area contributed by atoms with Gasteiger partial charge in [-0.25, -0.2) is 8.42 Å². The molecule has 36 heavy (non-hydrogen) atoms. The van der Waals surface area contributed by atoms with Crippen molar-refractivity contribution in [3.05, 3.63) is 88.4 Å². The second kappa shape index (κ2) is 12.7. The lowest BCUT2D eigenvalue weighted by Gasteiger charge is -2.19. The Morgan fingerprint density at radius 2 is 1.64 bits per heavy atom. The molecule has 190 valence electrons. The van der Waals surface area contributed by atoms with Gasteiger partial charge in [0, 0.05) is 15.7 Å². The Bertz CT molecular complexity index is 1300. The smallest absolute Gasteiger partial charge is 0.310 e. The maximum Gasteiger partial charge on any atom is 0.310 e. The molecule has 0 aromatic heterocycles. The number of amides is 1. The molecule has 0 aliphatic heterocycles. The second-order valence-corrected chi connectivity index (χ2v) is 10.2. The zero-order chi connectivity index (χ0) is 26.1. The Labute approximate surface area is 219 Å². The molecule has 0 aliphatic carbocycles. The lowest BCUT2D eigenvalue weighted by molar-refractivity contribution is -0.142. The summed E-state index contributed by atoms with van der Waals surface area (Å²) in [6.07, 6.45) is 0.0963. The Kier molecular flexibility index (Phi) is 9.72. The highest BCUT2D eigenvalue weighted by atomic mass is 35.5. The van der Waals surface area contributed by atoms with Gasteiger partial charge in [-0.15, -0.1) is 0 Å². The fourth-order valence-corrected chi connectivity index (χ4v) is 4.57. The number of benzene rings is 3. The van der Waals surface area contributed by atoms with E-state index >= 15 is 0 Å². The number of nitrogens with one attached hydrogen (secondary N) is 2. The van der Waals surface area contributed by atoms with Crippen LogP contribution in [-0.4, -0.2) is 39.5 Å². The molecule has 8 nitrogen and oxygen atoms in total. The van der Waals surface area contributed by atoms with Gasteiger partial charge >= 0.3 is 5.97 Å². The van der Waals surface area contributed by atoms with Gasteiger partial charge in [0.25, 0.3) is 0 Å². The molecule has 0 heterocycles. The van der Waals surface area contributed by atoms with Gasteiger partial charge in [-0.1, -0.05) is 41.4 Å². The number of rotatable bonds is 11. The normalized spacial score (nSPS) is 12.0. The third kappa shape index (κ3) is 8.23. The number of hydrogen-bond acceptors (Lipinski definition) is 6. The van der Waals surface area contributed by atoms with E-state index in [1.54, 1.807) is 55.5 Å². The number of hydrogen-bond donors (Lipinski definition) is 2. The van der Waals surface area contributed by atoms with Gasteiger partial charge < -0.3 is 14.8 Å². The minimum Gasteiger partial charge on any atom is -0.491 e. The standard InChI is InChI=1S/C25H24Cl2N2O6S/c1-2-34-24(30)14-17-6-10-20(11-7-17)28-25(31)23(16-35-21-5-3-4-19(27)15-21)29-36(32,33)22-12-8-18(26)9-13-22/h3-13,15,23,29H,2,14,16H2,1H3,(H,28,31)/t23-/m0/s1. The van der Waals surface area contributed by atoms with Crippen LogP contribution in [0, 0.1) is 0 Å². The molecule has 0 bridgehead atoms. The van der Waals surface area contributed by atoms with Crippen LogP contribution in [0.1, 0.15) is 12.5 Å². The molecule has 0 aliphatic rings. The minimum atomic E-state index is -4.08. The van der Waals surface area contributed by atoms with Crippen molar-refractivity contribution in [3.63, 3.8) is 0 Å². The van der Waals surface area contributed by atoms with Crippen LogP contribution in [0.15, 0.2) is 77.7 Å². The molecule has 1 atom stereocenters. The monoisotopic (exact) mass is 550 g/mol. The van der Waals surface area contributed by atoms with E-state index in [9.17, 15) is 18.0 Å². The Morgan fingerprint density at radius 1 is 0.944 bits per heavy atom. The number of sulfonamides is 1. The third-order valence-corrected chi connectivity index (χ3v) is 6.80. The number of halogens is 2. The Hall–Kier alpha value is -3.11. The van der Waals surface area contributed by atoms with Crippen molar-refractivity contribution in [1.29, 1.82) is 0 Å². The molecule has 3 aromatic carbocycles. The summed E-state index contributed by atoms with van der Waals surface area (Å²) in [7, 11) is -4.08. The van der Waals surface area contributed by atoms with E-state index < -0.39 is 22.0 Å². The number of anilines is 1. The summed E-state index contributed by atoms with van der Waals surface area (Å²) in [6, 6.07) is 17.3. The predicted octanol–water partition coefficient (Wildman–Crippen LogP) is 4.46. The van der Waals surface area contributed by atoms with Gasteiger partial charge in [0.1, 0.15) is 18.4 Å². The number of carbonyl (C=O) groups excluding carboxylic acids is 2. The van der Waals surface area contributed by atoms with Crippen LogP contribution in [0.2, 0.25) is 10.0 Å². The van der Waals surface area contributed by atoms with Gasteiger partial charge in [0.05, 0.1) is 17.9 Å². The van der Waals surface area contributed by atoms with Crippen LogP contribution < -0.4 is 14.8 Å². The molecular formula is C25H24Cl2N2O6S. The first-order valence-corrected chi connectivity index (χ1v) is 13.1. The van der Waals surface area contributed by atoms with E-state index in [1.807, 2.05) is 0 Å². The Morgan fingerprint density at radius 3 is 2.28 bits per heavy atom. The lowest BCUT2D eigenvalue weighted by atomic mass is 10.1. The molecule has 2 N–H and O–H groups in total. The van der Waals surface area contributed by atoms with Gasteiger partial charge in [-0.05, 0) is 67.1 Å². The lowest BCUT2D eigenvalue weighted by Crippen LogP contribution is -2.47. The maximum absolute atomic E-state index is 13.1. The van der Waals surface area contributed by atoms with Crippen molar-refractivity contribution in [1.82, 2.24) is 4.72 Å². The van der Waals surface area contributed by atoms with Crippen LogP contribution in [0.4, 0.5) is 5.69 Å². The van der Waals surface area contributed by atoms with E-state index in [1.165, 1.54) is 24.3 Å². The van der Waals surface area contributed by atoms with Gasteiger partial charge in [0.15, 0.2) is 0 Å². The highest BCUT2D eigenvalue weighted by molar-refractivity contribution is 7.89. The molecule has 11 heteroatoms. The number of ether oxygens (including phenoxy) is 2. The quantitative estimate of drug-likeness (QED) is 0.341. The van der Waals surface area contributed by atoms with Crippen LogP contribution in [0.5, 0.6) is 5.75 Å². The summed E-state index contributed by atoms with van der Waals surface area (Å²) < 4.78 is 38.8. The molecule has 3 aromatic rings. The summed E-state index contributed by atoms with van der Waals surface area (Å²) in [5.74, 6) is -0.633. The first-order valence-electron chi connectivity index (χ1n) is 10.9. The fraction of sp³-hybridized carbons (Fsp3) is 0.200. The van der Waals surface area contributed by atoms with Crippen LogP contribution in [-0.2, 0) is 30.8 Å². The highest BCUT2D eigenvalue weighted by Gasteiger charge is 2.27. The average molecular weight is 551 g/mol. The van der Waals surface area contributed by atoms with Gasteiger partial charge in [-0.2, -0.15) is 4.72 Å². The minimum absolute atomic E-state index is 0.0595. The molecule has 3 rings (SSSR count). The van der Waals surface area contributed by atoms with E-state index in [0.717, 1.165) is 0 Å². The number of carbonyl (C=O) groups is 2. The molecule has 0 saturated carbocycles. The summed E-state index contributed by atoms with van der Waals surface area (Å²) in [5.41, 5.74) is 1.11. The summed E-state index contributed by atoms with van der Waals surface area (Å²) in [6.45, 7) is 1.71. The van der Waals surface area contributed by atoms with Crippen molar-refractivity contribution >= 4 is 50.8 Å². The van der Waals surface area contributed by atoms with Crippen LogP contribution in [0.3, 0.4) is 0 Å². The van der Waals surface area contributed by atoms with Crippen molar-refractivity contribution < 1.29 is 27.5 Å². The van der Waals surface area contributed by atoms with Gasteiger partial charge in [-0.3, -0.25) is 9.59 Å². The molecule has 0 radical (unpaired) electrons. The molecule has 0 unspecified atom stereocenters. The van der Waals surface area contributed by atoms with E-state index in [2.05, 4.69) is 10.0 Å². The topological polar surface area (TPSA) is 111 Å². The van der Waals surface area contributed by atoms with E-state index in [-0.39, 0.29) is 30.5 Å². The summed E-state index contributed by atoms with van der Waals surface area (Å²) >= 11 is 11.8. The van der Waals surface area contributed by atoms with Crippen molar-refractivity contribution in [2.24, 2.45) is 0 Å². The second-order valence-electron chi connectivity index (χ2n) is 7.56. The summed E-state index contributed by atoms with van der Waals surface area (Å²) in [4.78, 5) is 24.7. The Balaban J connectivity index is 1.75. The van der Waals surface area contributed by atoms with E-state index in [4.69, 9.17) is 32.7 Å². The number of esters is 1.